The summed E-state index contributed by atoms with van der Waals surface area (Å²) < 4.78 is 31.8. The van der Waals surface area contributed by atoms with Crippen LogP contribution in [-0.2, 0) is 16.6 Å². The average molecular weight is 292 g/mol. The summed E-state index contributed by atoms with van der Waals surface area (Å²) in [6, 6.07) is 13.7. The zero-order valence-electron chi connectivity index (χ0n) is 11.0. The van der Waals surface area contributed by atoms with Crippen molar-refractivity contribution in [2.24, 2.45) is 5.73 Å². The van der Waals surface area contributed by atoms with Gasteiger partial charge >= 0.3 is 0 Å². The first-order valence-electron chi connectivity index (χ1n) is 6.06. The summed E-state index contributed by atoms with van der Waals surface area (Å²) in [6.07, 6.45) is 0. The quantitative estimate of drug-likeness (QED) is 0.881. The van der Waals surface area contributed by atoms with Crippen molar-refractivity contribution in [1.29, 1.82) is 0 Å². The molecule has 0 amide bonds. The van der Waals surface area contributed by atoms with E-state index in [2.05, 4.69) is 4.72 Å². The first-order chi connectivity index (χ1) is 9.56. The third-order valence-electron chi connectivity index (χ3n) is 2.77. The van der Waals surface area contributed by atoms with Gasteiger partial charge in [-0.3, -0.25) is 0 Å². The van der Waals surface area contributed by atoms with Gasteiger partial charge in [-0.2, -0.15) is 0 Å². The molecule has 0 aliphatic carbocycles. The van der Waals surface area contributed by atoms with Crippen LogP contribution in [0.5, 0.6) is 11.5 Å². The molecule has 20 heavy (non-hydrogen) atoms. The zero-order chi connectivity index (χ0) is 14.6. The number of rotatable bonds is 5. The van der Waals surface area contributed by atoms with Gasteiger partial charge in [0.15, 0.2) is 0 Å². The van der Waals surface area contributed by atoms with E-state index in [1.165, 1.54) is 13.1 Å². The topological polar surface area (TPSA) is 81.4 Å². The van der Waals surface area contributed by atoms with Gasteiger partial charge in [0.2, 0.25) is 10.0 Å². The van der Waals surface area contributed by atoms with Crippen molar-refractivity contribution in [3.8, 4) is 11.5 Å². The zero-order valence-corrected chi connectivity index (χ0v) is 11.9. The van der Waals surface area contributed by atoms with E-state index in [4.69, 9.17) is 10.5 Å². The van der Waals surface area contributed by atoms with Crippen LogP contribution >= 0.6 is 0 Å². The van der Waals surface area contributed by atoms with Gasteiger partial charge in [0.25, 0.3) is 0 Å². The number of sulfonamides is 1. The third kappa shape index (κ3) is 3.16. The maximum atomic E-state index is 11.9. The molecule has 0 unspecified atom stereocenters. The molecule has 0 spiro atoms. The van der Waals surface area contributed by atoms with E-state index in [1.54, 1.807) is 30.3 Å². The molecule has 3 N–H and O–H groups in total. The molecule has 0 aromatic heterocycles. The highest BCUT2D eigenvalue weighted by Crippen LogP contribution is 2.28. The molecule has 5 nitrogen and oxygen atoms in total. The van der Waals surface area contributed by atoms with E-state index in [9.17, 15) is 8.42 Å². The maximum Gasteiger partial charge on any atom is 0.244 e. The molecule has 2 aromatic carbocycles. The first-order valence-corrected chi connectivity index (χ1v) is 7.54. The van der Waals surface area contributed by atoms with E-state index < -0.39 is 10.0 Å². The summed E-state index contributed by atoms with van der Waals surface area (Å²) in [6.45, 7) is 0.396. The maximum absolute atomic E-state index is 11.9. The summed E-state index contributed by atoms with van der Waals surface area (Å²) in [4.78, 5) is 0.0978. The molecule has 0 fully saturated rings. The smallest absolute Gasteiger partial charge is 0.244 e. The summed E-state index contributed by atoms with van der Waals surface area (Å²) in [7, 11) is -2.20. The van der Waals surface area contributed by atoms with Crippen LogP contribution in [0.15, 0.2) is 53.4 Å². The molecule has 0 bridgehead atoms. The Morgan fingerprint density at radius 3 is 2.60 bits per heavy atom. The Kier molecular flexibility index (Phi) is 4.39. The molecule has 2 rings (SSSR count). The van der Waals surface area contributed by atoms with Crippen LogP contribution in [0.3, 0.4) is 0 Å². The monoisotopic (exact) mass is 292 g/mol. The van der Waals surface area contributed by atoms with Crippen molar-refractivity contribution in [1.82, 2.24) is 4.72 Å². The van der Waals surface area contributed by atoms with Gasteiger partial charge in [0.05, 0.1) is 0 Å². The fourth-order valence-corrected chi connectivity index (χ4v) is 2.58. The van der Waals surface area contributed by atoms with E-state index in [-0.39, 0.29) is 10.6 Å². The lowest BCUT2D eigenvalue weighted by Crippen LogP contribution is -2.19. The minimum atomic E-state index is -3.56. The van der Waals surface area contributed by atoms with E-state index >= 15 is 0 Å². The molecule has 6 heteroatoms. The van der Waals surface area contributed by atoms with E-state index in [1.807, 2.05) is 12.1 Å². The number of para-hydroxylation sites is 1. The average Bonchev–Trinajstić information content (AvgIpc) is 2.48. The number of ether oxygens (including phenoxy) is 1. The van der Waals surface area contributed by atoms with Crippen molar-refractivity contribution in [2.45, 2.75) is 11.4 Å². The first kappa shape index (κ1) is 14.5. The highest BCUT2D eigenvalue weighted by molar-refractivity contribution is 7.89. The lowest BCUT2D eigenvalue weighted by molar-refractivity contribution is 0.466. The molecule has 0 heterocycles. The van der Waals surface area contributed by atoms with Gasteiger partial charge < -0.3 is 10.5 Å². The normalized spacial score (nSPS) is 11.3. The van der Waals surface area contributed by atoms with Gasteiger partial charge in [-0.25, -0.2) is 13.1 Å². The fraction of sp³-hybridized carbons (Fsp3) is 0.143. The molecular weight excluding hydrogens is 276 g/mol. The van der Waals surface area contributed by atoms with Gasteiger partial charge in [-0.15, -0.1) is 0 Å². The molecule has 0 radical (unpaired) electrons. The summed E-state index contributed by atoms with van der Waals surface area (Å²) in [5.41, 5.74) is 6.48. The van der Waals surface area contributed by atoms with E-state index in [0.717, 1.165) is 5.56 Å². The Balaban J connectivity index is 2.39. The SMILES string of the molecule is CNS(=O)(=O)c1ccccc1Oc1cccc(CN)c1. The Hall–Kier alpha value is -1.89. The Labute approximate surface area is 118 Å². The molecule has 0 atom stereocenters. The number of nitrogens with two attached hydrogens (primary N) is 1. The molecule has 106 valence electrons. The number of benzene rings is 2. The van der Waals surface area contributed by atoms with Crippen molar-refractivity contribution in [3.05, 3.63) is 54.1 Å². The third-order valence-corrected chi connectivity index (χ3v) is 4.22. The molecule has 0 aliphatic heterocycles. The minimum absolute atomic E-state index is 0.0978. The number of hydrogen-bond acceptors (Lipinski definition) is 4. The largest absolute Gasteiger partial charge is 0.456 e. The van der Waals surface area contributed by atoms with E-state index in [0.29, 0.717) is 12.3 Å². The van der Waals surface area contributed by atoms with Crippen LogP contribution in [0.4, 0.5) is 0 Å². The van der Waals surface area contributed by atoms with Crippen molar-refractivity contribution in [3.63, 3.8) is 0 Å². The van der Waals surface area contributed by atoms with Crippen LogP contribution in [0.25, 0.3) is 0 Å². The summed E-state index contributed by atoms with van der Waals surface area (Å²) in [5.74, 6) is 0.822. The standard InChI is InChI=1S/C14H16N2O3S/c1-16-20(17,18)14-8-3-2-7-13(14)19-12-6-4-5-11(9-12)10-15/h2-9,16H,10,15H2,1H3. The van der Waals surface area contributed by atoms with Crippen LogP contribution < -0.4 is 15.2 Å². The molecule has 0 saturated carbocycles. The van der Waals surface area contributed by atoms with Crippen LogP contribution in [0.2, 0.25) is 0 Å². The van der Waals surface area contributed by atoms with Gasteiger partial charge in [0, 0.05) is 6.54 Å². The van der Waals surface area contributed by atoms with Crippen molar-refractivity contribution >= 4 is 10.0 Å². The Bertz CT molecular complexity index is 699. The molecule has 0 saturated heterocycles. The van der Waals surface area contributed by atoms with Crippen molar-refractivity contribution < 1.29 is 13.2 Å². The van der Waals surface area contributed by atoms with Crippen molar-refractivity contribution in [2.75, 3.05) is 7.05 Å². The van der Waals surface area contributed by atoms with Crippen LogP contribution in [-0.4, -0.2) is 15.5 Å². The van der Waals surface area contributed by atoms with Gasteiger partial charge in [0.1, 0.15) is 16.4 Å². The Morgan fingerprint density at radius 2 is 1.90 bits per heavy atom. The molecule has 2 aromatic rings. The minimum Gasteiger partial charge on any atom is -0.456 e. The lowest BCUT2D eigenvalue weighted by Gasteiger charge is -2.11. The summed E-state index contributed by atoms with van der Waals surface area (Å²) in [5, 5.41) is 0. The highest BCUT2D eigenvalue weighted by Gasteiger charge is 2.17. The number of nitrogens with one attached hydrogen (secondary N) is 1. The fourth-order valence-electron chi connectivity index (χ4n) is 1.73. The predicted molar refractivity (Wildman–Crippen MR) is 77.1 cm³/mol. The van der Waals surface area contributed by atoms with Gasteiger partial charge in [-0.1, -0.05) is 24.3 Å². The second kappa shape index (κ2) is 6.04. The molecule has 0 aliphatic rings. The molecular formula is C14H16N2O3S. The predicted octanol–water partition coefficient (Wildman–Crippen LogP) is 1.85. The highest BCUT2D eigenvalue weighted by atomic mass is 32.2. The Morgan fingerprint density at radius 1 is 1.15 bits per heavy atom. The number of hydrogen-bond donors (Lipinski definition) is 2. The van der Waals surface area contributed by atoms with Crippen LogP contribution in [0, 0.1) is 0 Å². The second-order valence-corrected chi connectivity index (χ2v) is 5.96. The van der Waals surface area contributed by atoms with Crippen LogP contribution in [0.1, 0.15) is 5.56 Å². The second-order valence-electron chi connectivity index (χ2n) is 4.11. The van der Waals surface area contributed by atoms with Gasteiger partial charge in [-0.05, 0) is 36.9 Å². The summed E-state index contributed by atoms with van der Waals surface area (Å²) >= 11 is 0. The lowest BCUT2D eigenvalue weighted by atomic mass is 10.2.